The zero-order valence-corrected chi connectivity index (χ0v) is 16.8. The third-order valence-electron chi connectivity index (χ3n) is 4.07. The van der Waals surface area contributed by atoms with Crippen LogP contribution in [0.4, 0.5) is 5.69 Å². The molecule has 7 heteroatoms. The van der Waals surface area contributed by atoms with Crippen molar-refractivity contribution < 1.29 is 18.0 Å². The second-order valence-corrected chi connectivity index (χ2v) is 7.67. The number of amides is 2. The highest BCUT2D eigenvalue weighted by Crippen LogP contribution is 2.18. The third kappa shape index (κ3) is 6.33. The molecule has 0 bridgehead atoms. The highest BCUT2D eigenvalue weighted by molar-refractivity contribution is 7.93. The van der Waals surface area contributed by atoms with Crippen molar-refractivity contribution in [3.63, 3.8) is 0 Å². The quantitative estimate of drug-likeness (QED) is 0.536. The predicted molar refractivity (Wildman–Crippen MR) is 114 cm³/mol. The fourth-order valence-corrected chi connectivity index (χ4v) is 3.48. The van der Waals surface area contributed by atoms with E-state index in [4.69, 9.17) is 6.42 Å². The number of hydrogen-bond acceptors (Lipinski definition) is 4. The van der Waals surface area contributed by atoms with Gasteiger partial charge in [-0.15, -0.1) is 12.3 Å². The summed E-state index contributed by atoms with van der Waals surface area (Å²) in [5.41, 5.74) is 1.25. The summed E-state index contributed by atoms with van der Waals surface area (Å²) in [6.07, 6.45) is 6.46. The van der Waals surface area contributed by atoms with Crippen LogP contribution in [0.2, 0.25) is 0 Å². The molecule has 2 aromatic carbocycles. The number of nitrogens with one attached hydrogen (secondary N) is 1. The van der Waals surface area contributed by atoms with Crippen molar-refractivity contribution in [3.8, 4) is 12.3 Å². The van der Waals surface area contributed by atoms with Crippen molar-refractivity contribution >= 4 is 33.6 Å². The molecule has 0 aliphatic heterocycles. The van der Waals surface area contributed by atoms with Gasteiger partial charge in [-0.1, -0.05) is 48.5 Å². The Balaban J connectivity index is 2.19. The van der Waals surface area contributed by atoms with E-state index < -0.39 is 27.8 Å². The van der Waals surface area contributed by atoms with E-state index in [-0.39, 0.29) is 6.42 Å². The summed E-state index contributed by atoms with van der Waals surface area (Å²) in [5.74, 6) is -0.554. The molecule has 2 aromatic rings. The molecular formula is C22H22N2O4S. The van der Waals surface area contributed by atoms with Gasteiger partial charge in [-0.25, -0.2) is 13.1 Å². The molecule has 29 heavy (non-hydrogen) atoms. The first-order chi connectivity index (χ1) is 13.9. The number of para-hydroxylation sites is 1. The molecule has 150 valence electrons. The van der Waals surface area contributed by atoms with Gasteiger partial charge < -0.3 is 4.90 Å². The SMILES string of the molecule is C#CCC(C(=O)NS(=O)(=O)C=Cc1ccccc1)C(=O)N(CC)c1ccccc1. The number of benzene rings is 2. The minimum absolute atomic E-state index is 0.216. The Morgan fingerprint density at radius 2 is 1.69 bits per heavy atom. The summed E-state index contributed by atoms with van der Waals surface area (Å²) < 4.78 is 26.4. The fraction of sp³-hybridized carbons (Fsp3) is 0.182. The summed E-state index contributed by atoms with van der Waals surface area (Å²) in [6.45, 7) is 2.06. The Hall–Kier alpha value is -3.37. The van der Waals surface area contributed by atoms with Crippen LogP contribution in [-0.2, 0) is 19.6 Å². The van der Waals surface area contributed by atoms with Gasteiger partial charge >= 0.3 is 0 Å². The topological polar surface area (TPSA) is 83.5 Å². The van der Waals surface area contributed by atoms with Gasteiger partial charge in [0.15, 0.2) is 0 Å². The van der Waals surface area contributed by atoms with Gasteiger partial charge in [-0.3, -0.25) is 9.59 Å². The molecule has 0 aliphatic carbocycles. The Morgan fingerprint density at radius 3 is 2.24 bits per heavy atom. The number of hydrogen-bond donors (Lipinski definition) is 1. The first-order valence-electron chi connectivity index (χ1n) is 8.97. The van der Waals surface area contributed by atoms with E-state index in [0.717, 1.165) is 5.41 Å². The Labute approximate surface area is 171 Å². The van der Waals surface area contributed by atoms with Crippen LogP contribution < -0.4 is 9.62 Å². The van der Waals surface area contributed by atoms with Crippen LogP contribution in [0.3, 0.4) is 0 Å². The molecule has 0 fully saturated rings. The van der Waals surface area contributed by atoms with E-state index in [2.05, 4.69) is 5.92 Å². The number of carbonyl (C=O) groups excluding carboxylic acids is 2. The highest BCUT2D eigenvalue weighted by atomic mass is 32.2. The van der Waals surface area contributed by atoms with Crippen LogP contribution in [0.5, 0.6) is 0 Å². The van der Waals surface area contributed by atoms with Gasteiger partial charge in [0, 0.05) is 18.7 Å². The van der Waals surface area contributed by atoms with Crippen LogP contribution in [0.1, 0.15) is 18.9 Å². The van der Waals surface area contributed by atoms with E-state index in [1.54, 1.807) is 67.6 Å². The van der Waals surface area contributed by atoms with Gasteiger partial charge in [0.05, 0.1) is 5.41 Å². The lowest BCUT2D eigenvalue weighted by atomic mass is 10.0. The smallest absolute Gasteiger partial charge is 0.257 e. The molecule has 1 atom stereocenters. The van der Waals surface area contributed by atoms with Crippen molar-refractivity contribution in [1.29, 1.82) is 0 Å². The number of anilines is 1. The minimum Gasteiger partial charge on any atom is -0.312 e. The number of terminal acetylenes is 1. The molecule has 2 rings (SSSR count). The summed E-state index contributed by atoms with van der Waals surface area (Å²) in [4.78, 5) is 26.9. The Bertz CT molecular complexity index is 1010. The van der Waals surface area contributed by atoms with E-state index in [1.807, 2.05) is 4.72 Å². The average molecular weight is 410 g/mol. The first-order valence-corrected chi connectivity index (χ1v) is 10.5. The van der Waals surface area contributed by atoms with Crippen LogP contribution in [-0.4, -0.2) is 26.8 Å². The zero-order valence-electron chi connectivity index (χ0n) is 16.0. The maximum atomic E-state index is 12.9. The summed E-state index contributed by atoms with van der Waals surface area (Å²) >= 11 is 0. The third-order valence-corrected chi connectivity index (χ3v) is 5.05. The van der Waals surface area contributed by atoms with Crippen molar-refractivity contribution in [1.82, 2.24) is 4.72 Å². The molecule has 0 aliphatic rings. The highest BCUT2D eigenvalue weighted by Gasteiger charge is 2.32. The standard InChI is InChI=1S/C22H22N2O4S/c1-3-11-20(22(26)24(4-2)19-14-9-6-10-15-19)21(25)23-29(27,28)17-16-18-12-7-5-8-13-18/h1,5-10,12-17,20H,4,11H2,2H3,(H,23,25). The molecule has 0 saturated carbocycles. The lowest BCUT2D eigenvalue weighted by Gasteiger charge is -2.25. The molecule has 0 aromatic heterocycles. The van der Waals surface area contributed by atoms with Crippen molar-refractivity contribution in [2.24, 2.45) is 5.92 Å². The summed E-state index contributed by atoms with van der Waals surface area (Å²) in [6, 6.07) is 17.5. The second kappa shape index (κ2) is 10.2. The van der Waals surface area contributed by atoms with Gasteiger partial charge in [0.25, 0.3) is 10.0 Å². The molecule has 2 amide bonds. The van der Waals surface area contributed by atoms with Gasteiger partial charge in [-0.2, -0.15) is 0 Å². The molecule has 1 unspecified atom stereocenters. The van der Waals surface area contributed by atoms with Crippen molar-refractivity contribution in [2.75, 3.05) is 11.4 Å². The van der Waals surface area contributed by atoms with Crippen LogP contribution in [0.25, 0.3) is 6.08 Å². The maximum absolute atomic E-state index is 12.9. The number of rotatable bonds is 8. The van der Waals surface area contributed by atoms with Gasteiger partial charge in [-0.05, 0) is 30.7 Å². The molecule has 0 radical (unpaired) electrons. The molecule has 0 saturated heterocycles. The minimum atomic E-state index is -4.09. The summed E-state index contributed by atoms with van der Waals surface area (Å²) in [5, 5.41) is 0.881. The Kier molecular flexibility index (Phi) is 7.75. The normalized spacial score (nSPS) is 12.1. The zero-order chi connectivity index (χ0) is 21.3. The monoisotopic (exact) mass is 410 g/mol. The maximum Gasteiger partial charge on any atom is 0.257 e. The van der Waals surface area contributed by atoms with Crippen LogP contribution >= 0.6 is 0 Å². The molecule has 1 N–H and O–H groups in total. The molecule has 6 nitrogen and oxygen atoms in total. The molecule has 0 spiro atoms. The van der Waals surface area contributed by atoms with Crippen LogP contribution in [0, 0.1) is 18.3 Å². The molecular weight excluding hydrogens is 388 g/mol. The average Bonchev–Trinajstić information content (AvgIpc) is 2.72. The predicted octanol–water partition coefficient (Wildman–Crippen LogP) is 2.80. The first kappa shape index (κ1) is 21.9. The number of nitrogens with zero attached hydrogens (tertiary/aromatic N) is 1. The van der Waals surface area contributed by atoms with Gasteiger partial charge in [0.1, 0.15) is 5.92 Å². The van der Waals surface area contributed by atoms with Crippen LogP contribution in [0.15, 0.2) is 66.1 Å². The van der Waals surface area contributed by atoms with E-state index in [9.17, 15) is 18.0 Å². The number of carbonyl (C=O) groups is 2. The van der Waals surface area contributed by atoms with E-state index in [0.29, 0.717) is 17.8 Å². The lowest BCUT2D eigenvalue weighted by molar-refractivity contribution is -0.132. The molecule has 0 heterocycles. The number of sulfonamides is 1. The van der Waals surface area contributed by atoms with E-state index in [1.165, 1.54) is 11.0 Å². The van der Waals surface area contributed by atoms with Crippen molar-refractivity contribution in [2.45, 2.75) is 13.3 Å². The fourth-order valence-electron chi connectivity index (χ4n) is 2.65. The summed E-state index contributed by atoms with van der Waals surface area (Å²) in [7, 11) is -4.09. The Morgan fingerprint density at radius 1 is 1.10 bits per heavy atom. The van der Waals surface area contributed by atoms with Crippen molar-refractivity contribution in [3.05, 3.63) is 71.6 Å². The van der Waals surface area contributed by atoms with E-state index >= 15 is 0 Å². The largest absolute Gasteiger partial charge is 0.312 e. The van der Waals surface area contributed by atoms with Gasteiger partial charge in [0.2, 0.25) is 11.8 Å². The lowest BCUT2D eigenvalue weighted by Crippen LogP contribution is -2.45. The second-order valence-electron chi connectivity index (χ2n) is 6.10.